The molecule has 0 saturated carbocycles. The average molecular weight is 390 g/mol. The molecule has 4 heterocycles. The number of carboxylic acids is 1. The van der Waals surface area contributed by atoms with E-state index in [-0.39, 0.29) is 21.7 Å². The van der Waals surface area contributed by atoms with Crippen LogP contribution >= 0.6 is 15.9 Å². The number of hydrogen-bond acceptors (Lipinski definition) is 6. The molecule has 0 unspecified atom stereocenters. The van der Waals surface area contributed by atoms with Gasteiger partial charge in [-0.1, -0.05) is 0 Å². The molecule has 0 aliphatic carbocycles. The lowest BCUT2D eigenvalue weighted by molar-refractivity contribution is 0.0691. The van der Waals surface area contributed by atoms with Crippen LogP contribution in [0.2, 0.25) is 0 Å². The first-order valence-corrected chi connectivity index (χ1v) is 7.43. The van der Waals surface area contributed by atoms with Crippen molar-refractivity contribution in [1.82, 2.24) is 30.1 Å². The van der Waals surface area contributed by atoms with Gasteiger partial charge in [-0.2, -0.15) is 5.10 Å². The lowest BCUT2D eigenvalue weighted by atomic mass is 10.3. The normalized spacial score (nSPS) is 11.2. The van der Waals surface area contributed by atoms with Crippen LogP contribution in [0.5, 0.6) is 0 Å². The van der Waals surface area contributed by atoms with E-state index in [1.54, 1.807) is 12.3 Å². The Morgan fingerprint density at radius 1 is 1.25 bits per heavy atom. The number of nitrogens with one attached hydrogen (secondary N) is 4. The van der Waals surface area contributed by atoms with Crippen LogP contribution in [0, 0.1) is 0 Å². The van der Waals surface area contributed by atoms with Crippen molar-refractivity contribution in [3.63, 3.8) is 0 Å². The molecule has 0 spiro atoms. The Bertz CT molecular complexity index is 1160. The van der Waals surface area contributed by atoms with Gasteiger partial charge < -0.3 is 20.4 Å². The number of aromatic amines is 3. The van der Waals surface area contributed by atoms with Gasteiger partial charge in [-0.3, -0.25) is 9.89 Å². The van der Waals surface area contributed by atoms with E-state index < -0.39 is 5.97 Å². The molecule has 4 aromatic heterocycles. The summed E-state index contributed by atoms with van der Waals surface area (Å²) in [4.78, 5) is 36.9. The number of carbonyl (C=O) groups is 1. The summed E-state index contributed by atoms with van der Waals surface area (Å²) in [6, 6.07) is 3.02. The Labute approximate surface area is 140 Å². The SMILES string of the molecule is O=C(O)c1cc2c(Nc3cc4cn[nH]c4[nH]c3=O)nc(Br)nc2[nH]1. The number of halogens is 1. The zero-order valence-electron chi connectivity index (χ0n) is 11.7. The van der Waals surface area contributed by atoms with Crippen LogP contribution in [0.15, 0.2) is 27.9 Å². The Morgan fingerprint density at radius 2 is 2.08 bits per heavy atom. The molecular formula is C13H8BrN7O3. The highest BCUT2D eigenvalue weighted by Gasteiger charge is 2.15. The molecular weight excluding hydrogens is 382 g/mol. The van der Waals surface area contributed by atoms with Crippen molar-refractivity contribution >= 4 is 55.5 Å². The maximum atomic E-state index is 12.1. The Kier molecular flexibility index (Phi) is 3.09. The van der Waals surface area contributed by atoms with E-state index in [2.05, 4.69) is 51.4 Å². The third-order valence-electron chi connectivity index (χ3n) is 3.40. The lowest BCUT2D eigenvalue weighted by Crippen LogP contribution is -2.12. The number of nitrogens with zero attached hydrogens (tertiary/aromatic N) is 3. The number of aromatic carboxylic acids is 1. The summed E-state index contributed by atoms with van der Waals surface area (Å²) in [7, 11) is 0. The number of carboxylic acid groups (broad SMARTS) is 1. The van der Waals surface area contributed by atoms with E-state index in [4.69, 9.17) is 5.11 Å². The highest BCUT2D eigenvalue weighted by molar-refractivity contribution is 9.10. The minimum absolute atomic E-state index is 0.0281. The fourth-order valence-corrected chi connectivity index (χ4v) is 2.67. The van der Waals surface area contributed by atoms with Gasteiger partial charge in [0.15, 0.2) is 0 Å². The zero-order valence-corrected chi connectivity index (χ0v) is 13.3. The van der Waals surface area contributed by atoms with E-state index in [9.17, 15) is 9.59 Å². The summed E-state index contributed by atoms with van der Waals surface area (Å²) in [5.41, 5.74) is 0.684. The largest absolute Gasteiger partial charge is 0.477 e. The van der Waals surface area contributed by atoms with Crippen LogP contribution in [0.4, 0.5) is 11.5 Å². The first-order chi connectivity index (χ1) is 11.5. The number of aromatic nitrogens is 6. The van der Waals surface area contributed by atoms with Gasteiger partial charge in [0.1, 0.15) is 28.5 Å². The third kappa shape index (κ3) is 2.31. The van der Waals surface area contributed by atoms with Gasteiger partial charge in [-0.05, 0) is 28.1 Å². The molecule has 4 rings (SSSR count). The van der Waals surface area contributed by atoms with Crippen LogP contribution in [0.1, 0.15) is 10.5 Å². The van der Waals surface area contributed by atoms with Crippen LogP contribution in [-0.2, 0) is 0 Å². The van der Waals surface area contributed by atoms with E-state index in [1.165, 1.54) is 6.07 Å². The molecule has 0 atom stereocenters. The number of anilines is 2. The summed E-state index contributed by atoms with van der Waals surface area (Å²) in [6.07, 6.45) is 1.57. The molecule has 0 radical (unpaired) electrons. The molecule has 0 amide bonds. The quantitative estimate of drug-likeness (QED) is 0.334. The van der Waals surface area contributed by atoms with E-state index >= 15 is 0 Å². The second-order valence-electron chi connectivity index (χ2n) is 4.93. The first-order valence-electron chi connectivity index (χ1n) is 6.64. The number of rotatable bonds is 3. The van der Waals surface area contributed by atoms with Gasteiger partial charge in [-0.25, -0.2) is 14.8 Å². The number of hydrogen-bond donors (Lipinski definition) is 5. The van der Waals surface area contributed by atoms with Crippen LogP contribution in [0.3, 0.4) is 0 Å². The summed E-state index contributed by atoms with van der Waals surface area (Å²) in [5, 5.41) is 19.7. The van der Waals surface area contributed by atoms with Gasteiger partial charge >= 0.3 is 5.97 Å². The second-order valence-corrected chi connectivity index (χ2v) is 5.64. The van der Waals surface area contributed by atoms with Gasteiger partial charge in [0.2, 0.25) is 4.73 Å². The zero-order chi connectivity index (χ0) is 16.8. The van der Waals surface area contributed by atoms with Crippen LogP contribution in [-0.4, -0.2) is 41.2 Å². The maximum absolute atomic E-state index is 12.1. The van der Waals surface area contributed by atoms with E-state index in [1.807, 2.05) is 0 Å². The standard InChI is InChI=1S/C13H8BrN7O3/c14-13-19-9(5-2-7(12(23)24)17-10(5)20-13)16-6-1-4-3-15-21-8(4)18-11(6)22/h1-3H,(H,23,24)(H2,15,18,21,22)(H2,16,17,19,20). The predicted molar refractivity (Wildman–Crippen MR) is 88.5 cm³/mol. The third-order valence-corrected chi connectivity index (χ3v) is 3.75. The summed E-state index contributed by atoms with van der Waals surface area (Å²) in [5.74, 6) is -0.822. The minimum atomic E-state index is -1.12. The Hall–Kier alpha value is -3.21. The smallest absolute Gasteiger partial charge is 0.352 e. The topological polar surface area (TPSA) is 152 Å². The van der Waals surface area contributed by atoms with Gasteiger partial charge in [0.25, 0.3) is 5.56 Å². The molecule has 120 valence electrons. The highest BCUT2D eigenvalue weighted by atomic mass is 79.9. The summed E-state index contributed by atoms with van der Waals surface area (Å²) < 4.78 is 0.247. The first kappa shape index (κ1) is 14.4. The molecule has 0 fully saturated rings. The van der Waals surface area contributed by atoms with E-state index in [0.29, 0.717) is 27.9 Å². The number of H-pyrrole nitrogens is 3. The van der Waals surface area contributed by atoms with Crippen molar-refractivity contribution in [2.45, 2.75) is 0 Å². The van der Waals surface area contributed by atoms with Crippen molar-refractivity contribution in [3.05, 3.63) is 39.1 Å². The molecule has 24 heavy (non-hydrogen) atoms. The van der Waals surface area contributed by atoms with Gasteiger partial charge in [0, 0.05) is 5.39 Å². The molecule has 10 nitrogen and oxygen atoms in total. The summed E-state index contributed by atoms with van der Waals surface area (Å²) >= 11 is 3.16. The van der Waals surface area contributed by atoms with Crippen molar-refractivity contribution in [2.24, 2.45) is 0 Å². The lowest BCUT2D eigenvalue weighted by Gasteiger charge is -2.06. The fraction of sp³-hybridized carbons (Fsp3) is 0. The maximum Gasteiger partial charge on any atom is 0.352 e. The molecule has 5 N–H and O–H groups in total. The van der Waals surface area contributed by atoms with Gasteiger partial charge in [0.05, 0.1) is 11.6 Å². The average Bonchev–Trinajstić information content (AvgIpc) is 3.13. The van der Waals surface area contributed by atoms with Crippen LogP contribution < -0.4 is 10.9 Å². The second kappa shape index (κ2) is 5.16. The summed E-state index contributed by atoms with van der Waals surface area (Å²) in [6.45, 7) is 0. The molecule has 0 bridgehead atoms. The Morgan fingerprint density at radius 3 is 2.88 bits per heavy atom. The molecule has 0 aliphatic heterocycles. The number of fused-ring (bicyclic) bond motifs is 2. The highest BCUT2D eigenvalue weighted by Crippen LogP contribution is 2.25. The van der Waals surface area contributed by atoms with Gasteiger partial charge in [-0.15, -0.1) is 0 Å². The molecule has 0 aromatic carbocycles. The Balaban J connectivity index is 1.87. The molecule has 4 aromatic rings. The van der Waals surface area contributed by atoms with Crippen molar-refractivity contribution in [3.8, 4) is 0 Å². The van der Waals surface area contributed by atoms with Crippen molar-refractivity contribution < 1.29 is 9.90 Å². The monoisotopic (exact) mass is 389 g/mol. The number of pyridine rings is 1. The molecule has 0 aliphatic rings. The van der Waals surface area contributed by atoms with E-state index in [0.717, 1.165) is 0 Å². The fourth-order valence-electron chi connectivity index (χ4n) is 2.32. The van der Waals surface area contributed by atoms with Crippen molar-refractivity contribution in [2.75, 3.05) is 5.32 Å². The molecule has 11 heteroatoms. The predicted octanol–water partition coefficient (Wildman–Crippen LogP) is 1.73. The van der Waals surface area contributed by atoms with Crippen molar-refractivity contribution in [1.29, 1.82) is 0 Å². The minimum Gasteiger partial charge on any atom is -0.477 e. The molecule has 0 saturated heterocycles. The van der Waals surface area contributed by atoms with Crippen LogP contribution in [0.25, 0.3) is 22.1 Å².